The lowest BCUT2D eigenvalue weighted by atomic mass is 10.2. The number of fused-ring (bicyclic) bond motifs is 1. The normalized spacial score (nSPS) is 11.1. The topological polar surface area (TPSA) is 91.9 Å². The molecule has 31 heavy (non-hydrogen) atoms. The first-order chi connectivity index (χ1) is 15.0. The van der Waals surface area contributed by atoms with Crippen molar-refractivity contribution in [1.82, 2.24) is 24.1 Å². The van der Waals surface area contributed by atoms with Gasteiger partial charge in [-0.3, -0.25) is 18.9 Å². The molecule has 8 nitrogen and oxygen atoms in total. The number of rotatable bonds is 6. The van der Waals surface area contributed by atoms with E-state index in [1.165, 1.54) is 23.4 Å². The first-order valence-corrected chi connectivity index (χ1v) is 10.7. The number of aryl methyl sites for hydroxylation is 1. The van der Waals surface area contributed by atoms with Crippen LogP contribution in [0.15, 0.2) is 63.4 Å². The number of aromatic nitrogens is 5. The average Bonchev–Trinajstić information content (AvgIpc) is 2.81. The van der Waals surface area contributed by atoms with Crippen LogP contribution in [0, 0.1) is 0 Å². The summed E-state index contributed by atoms with van der Waals surface area (Å²) in [6.07, 6.45) is 3.49. The third-order valence-corrected chi connectivity index (χ3v) is 5.84. The van der Waals surface area contributed by atoms with E-state index in [9.17, 15) is 9.59 Å². The van der Waals surface area contributed by atoms with Crippen molar-refractivity contribution in [3.8, 4) is 17.1 Å². The molecule has 1 aromatic carbocycles. The van der Waals surface area contributed by atoms with Crippen molar-refractivity contribution < 1.29 is 4.74 Å². The minimum atomic E-state index is -0.433. The number of hydrogen-bond acceptors (Lipinski definition) is 7. The summed E-state index contributed by atoms with van der Waals surface area (Å²) in [6, 6.07) is 11.2. The zero-order valence-electron chi connectivity index (χ0n) is 17.4. The molecule has 0 aliphatic carbocycles. The highest BCUT2D eigenvalue weighted by Crippen LogP contribution is 2.29. The fourth-order valence-corrected chi connectivity index (χ4v) is 4.11. The van der Waals surface area contributed by atoms with Gasteiger partial charge in [0, 0.05) is 37.8 Å². The fourth-order valence-electron chi connectivity index (χ4n) is 3.16. The van der Waals surface area contributed by atoms with Gasteiger partial charge >= 0.3 is 5.69 Å². The first kappa shape index (κ1) is 20.8. The van der Waals surface area contributed by atoms with Gasteiger partial charge in [0.25, 0.3) is 5.56 Å². The van der Waals surface area contributed by atoms with Gasteiger partial charge in [0.1, 0.15) is 16.2 Å². The smallest absolute Gasteiger partial charge is 0.332 e. The molecule has 0 fully saturated rings. The molecule has 3 aromatic heterocycles. The van der Waals surface area contributed by atoms with Gasteiger partial charge in [0.05, 0.1) is 6.61 Å². The Morgan fingerprint density at radius 1 is 1.03 bits per heavy atom. The molecule has 0 saturated carbocycles. The molecular weight excluding hydrogens is 414 g/mol. The van der Waals surface area contributed by atoms with Gasteiger partial charge in [-0.2, -0.15) is 0 Å². The highest BCUT2D eigenvalue weighted by atomic mass is 32.2. The van der Waals surface area contributed by atoms with E-state index in [1.807, 2.05) is 43.3 Å². The van der Waals surface area contributed by atoms with Crippen LogP contribution in [0.4, 0.5) is 0 Å². The predicted octanol–water partition coefficient (Wildman–Crippen LogP) is 2.78. The van der Waals surface area contributed by atoms with Crippen molar-refractivity contribution in [1.29, 1.82) is 0 Å². The zero-order chi connectivity index (χ0) is 22.0. The van der Waals surface area contributed by atoms with E-state index in [0.29, 0.717) is 34.2 Å². The van der Waals surface area contributed by atoms with Crippen LogP contribution in [0.1, 0.15) is 12.5 Å². The third-order valence-electron chi connectivity index (χ3n) is 4.79. The summed E-state index contributed by atoms with van der Waals surface area (Å²) in [5, 5.41) is 0.849. The number of pyridine rings is 1. The van der Waals surface area contributed by atoms with E-state index in [-0.39, 0.29) is 0 Å². The maximum absolute atomic E-state index is 12.9. The molecule has 0 N–H and O–H groups in total. The van der Waals surface area contributed by atoms with Gasteiger partial charge in [-0.1, -0.05) is 6.07 Å². The van der Waals surface area contributed by atoms with Gasteiger partial charge in [-0.05, 0) is 42.8 Å². The highest BCUT2D eigenvalue weighted by molar-refractivity contribution is 7.98. The molecule has 0 unspecified atom stereocenters. The van der Waals surface area contributed by atoms with Gasteiger partial charge in [-0.25, -0.2) is 14.8 Å². The van der Waals surface area contributed by atoms with Crippen molar-refractivity contribution >= 4 is 22.8 Å². The van der Waals surface area contributed by atoms with Crippen LogP contribution in [-0.4, -0.2) is 30.7 Å². The molecule has 4 aromatic rings. The summed E-state index contributed by atoms with van der Waals surface area (Å²) < 4.78 is 7.96. The van der Waals surface area contributed by atoms with Gasteiger partial charge in [-0.15, -0.1) is 11.8 Å². The lowest BCUT2D eigenvalue weighted by Crippen LogP contribution is -2.37. The minimum Gasteiger partial charge on any atom is -0.494 e. The van der Waals surface area contributed by atoms with E-state index < -0.39 is 11.2 Å². The van der Waals surface area contributed by atoms with Crippen LogP contribution < -0.4 is 16.0 Å². The van der Waals surface area contributed by atoms with Crippen molar-refractivity contribution in [2.24, 2.45) is 14.1 Å². The van der Waals surface area contributed by atoms with E-state index in [1.54, 1.807) is 19.4 Å². The molecule has 9 heteroatoms. The van der Waals surface area contributed by atoms with Crippen LogP contribution in [0.25, 0.3) is 22.4 Å². The molecule has 0 aliphatic heterocycles. The van der Waals surface area contributed by atoms with Crippen molar-refractivity contribution in [2.45, 2.75) is 17.7 Å². The third kappa shape index (κ3) is 4.09. The lowest BCUT2D eigenvalue weighted by molar-refractivity contribution is 0.340. The maximum Gasteiger partial charge on any atom is 0.332 e. The van der Waals surface area contributed by atoms with E-state index in [2.05, 4.69) is 9.97 Å². The Bertz CT molecular complexity index is 1350. The second-order valence-electron chi connectivity index (χ2n) is 6.86. The zero-order valence-corrected chi connectivity index (χ0v) is 18.2. The Morgan fingerprint density at radius 3 is 2.48 bits per heavy atom. The van der Waals surface area contributed by atoms with Crippen molar-refractivity contribution in [3.05, 3.63) is 75.2 Å². The van der Waals surface area contributed by atoms with Crippen molar-refractivity contribution in [2.75, 3.05) is 6.61 Å². The van der Waals surface area contributed by atoms with Crippen LogP contribution in [-0.2, 0) is 19.8 Å². The quantitative estimate of drug-likeness (QED) is 0.340. The van der Waals surface area contributed by atoms with E-state index in [0.717, 1.165) is 21.4 Å². The molecule has 3 heterocycles. The Morgan fingerprint density at radius 2 is 1.81 bits per heavy atom. The average molecular weight is 436 g/mol. The first-order valence-electron chi connectivity index (χ1n) is 9.72. The Labute approximate surface area is 182 Å². The van der Waals surface area contributed by atoms with Crippen LogP contribution in [0.2, 0.25) is 0 Å². The summed E-state index contributed by atoms with van der Waals surface area (Å²) in [4.78, 5) is 38.8. The van der Waals surface area contributed by atoms with Crippen molar-refractivity contribution in [3.63, 3.8) is 0 Å². The summed E-state index contributed by atoms with van der Waals surface area (Å²) in [5.41, 5.74) is 1.23. The SMILES string of the molecule is CCOc1ccc(-c2nc(SCc3cccnc3)c3c(=O)n(C)c(=O)n(C)c3n2)cc1. The number of nitrogens with zero attached hydrogens (tertiary/aromatic N) is 5. The van der Waals surface area contributed by atoms with Gasteiger partial charge in [0.15, 0.2) is 11.5 Å². The van der Waals surface area contributed by atoms with E-state index >= 15 is 0 Å². The largest absolute Gasteiger partial charge is 0.494 e. The molecule has 0 amide bonds. The Hall–Kier alpha value is -3.46. The minimum absolute atomic E-state index is 0.306. The lowest BCUT2D eigenvalue weighted by Gasteiger charge is -2.12. The molecule has 0 bridgehead atoms. The molecular formula is C22H21N5O3S. The standard InChI is InChI=1S/C22H21N5O3S/c1-4-30-16-9-7-15(8-10-16)18-24-19-17(21(28)27(3)22(29)26(19)2)20(25-18)31-13-14-6-5-11-23-12-14/h5-12H,4,13H2,1-3H3. The number of benzene rings is 1. The van der Waals surface area contributed by atoms with Crippen LogP contribution in [0.5, 0.6) is 5.75 Å². The highest BCUT2D eigenvalue weighted by Gasteiger charge is 2.18. The Kier molecular flexibility index (Phi) is 5.85. The second-order valence-corrected chi connectivity index (χ2v) is 7.83. The summed E-state index contributed by atoms with van der Waals surface area (Å²) >= 11 is 1.42. The predicted molar refractivity (Wildman–Crippen MR) is 120 cm³/mol. The van der Waals surface area contributed by atoms with Gasteiger partial charge in [0.2, 0.25) is 0 Å². The monoisotopic (exact) mass is 435 g/mol. The molecule has 0 aliphatic rings. The van der Waals surface area contributed by atoms with Crippen LogP contribution in [0.3, 0.4) is 0 Å². The number of ether oxygens (including phenoxy) is 1. The fraction of sp³-hybridized carbons (Fsp3) is 0.227. The molecule has 0 saturated heterocycles. The van der Waals surface area contributed by atoms with Gasteiger partial charge < -0.3 is 4.74 Å². The molecule has 158 valence electrons. The second kappa shape index (κ2) is 8.73. The molecule has 4 rings (SSSR count). The van der Waals surface area contributed by atoms with E-state index in [4.69, 9.17) is 9.72 Å². The molecule has 0 radical (unpaired) electrons. The Balaban J connectivity index is 1.88. The van der Waals surface area contributed by atoms with Crippen LogP contribution >= 0.6 is 11.8 Å². The maximum atomic E-state index is 12.9. The molecule has 0 atom stereocenters. The molecule has 0 spiro atoms. The number of hydrogen-bond donors (Lipinski definition) is 0. The number of thioether (sulfide) groups is 1. The summed E-state index contributed by atoms with van der Waals surface area (Å²) in [5.74, 6) is 1.77. The summed E-state index contributed by atoms with van der Waals surface area (Å²) in [6.45, 7) is 2.50. The summed E-state index contributed by atoms with van der Waals surface area (Å²) in [7, 11) is 3.06.